The summed E-state index contributed by atoms with van der Waals surface area (Å²) in [6, 6.07) is 12.9. The van der Waals surface area contributed by atoms with E-state index in [2.05, 4.69) is 78.1 Å². The molecule has 0 spiro atoms. The number of hydrogen-bond acceptors (Lipinski definition) is 9. The molecule has 0 unspecified atom stereocenters. The van der Waals surface area contributed by atoms with Gasteiger partial charge in [0.1, 0.15) is 23.9 Å². The fraction of sp³-hybridized carbons (Fsp3) is 0.458. The normalized spacial score (nSPS) is 18.7. The van der Waals surface area contributed by atoms with Gasteiger partial charge in [-0.25, -0.2) is 10.4 Å². The van der Waals surface area contributed by atoms with Crippen LogP contribution in [0, 0.1) is 11.3 Å². The van der Waals surface area contributed by atoms with Gasteiger partial charge in [-0.05, 0) is 96.7 Å². The number of hydrogen-bond donors (Lipinski definition) is 4. The van der Waals surface area contributed by atoms with Crippen LogP contribution in [0.1, 0.15) is 89.7 Å². The number of phenolic OH excluding ortho intramolecular Hbond substituents is 1. The summed E-state index contributed by atoms with van der Waals surface area (Å²) in [5.41, 5.74) is 10.7. The lowest BCUT2D eigenvalue weighted by Gasteiger charge is -2.36. The molecule has 62 heavy (non-hydrogen) atoms. The molecule has 4 N–H and O–H groups in total. The Hall–Kier alpha value is -6.02. The zero-order valence-electron chi connectivity index (χ0n) is 37.1. The summed E-state index contributed by atoms with van der Waals surface area (Å²) < 4.78 is 8.43. The summed E-state index contributed by atoms with van der Waals surface area (Å²) in [7, 11) is 1.58. The van der Waals surface area contributed by atoms with E-state index in [0.29, 0.717) is 43.6 Å². The fourth-order valence-electron chi connectivity index (χ4n) is 9.10. The van der Waals surface area contributed by atoms with Gasteiger partial charge >= 0.3 is 5.97 Å². The number of likely N-dealkylation sites (N-methyl/N-ethyl adjacent to an activating group) is 1. The van der Waals surface area contributed by atoms with Crippen LogP contribution in [0.25, 0.3) is 33.3 Å². The number of nitrogens with one attached hydrogen (secondary N) is 3. The van der Waals surface area contributed by atoms with Crippen molar-refractivity contribution in [2.45, 2.75) is 111 Å². The van der Waals surface area contributed by atoms with Crippen molar-refractivity contribution in [3.63, 3.8) is 0 Å². The van der Waals surface area contributed by atoms with Crippen molar-refractivity contribution in [1.82, 2.24) is 40.2 Å². The molecule has 2 aliphatic rings. The first-order valence-electron chi connectivity index (χ1n) is 21.8. The number of ether oxygens (including phenoxy) is 1. The lowest BCUT2D eigenvalue weighted by molar-refractivity contribution is -0.155. The second-order valence-corrected chi connectivity index (χ2v) is 18.2. The van der Waals surface area contributed by atoms with E-state index in [9.17, 15) is 24.3 Å². The molecular weight excluding hydrogens is 785 g/mol. The van der Waals surface area contributed by atoms with Crippen LogP contribution in [0.3, 0.4) is 0 Å². The Labute approximate surface area is 363 Å². The summed E-state index contributed by atoms with van der Waals surface area (Å²) in [4.78, 5) is 69.5. The topological polar surface area (TPSA) is 175 Å². The summed E-state index contributed by atoms with van der Waals surface area (Å²) in [6.45, 7) is 15.5. The maximum Gasteiger partial charge on any atom is 0.324 e. The van der Waals surface area contributed by atoms with Crippen LogP contribution >= 0.6 is 0 Å². The molecule has 1 fully saturated rings. The summed E-state index contributed by atoms with van der Waals surface area (Å²) in [6.07, 6.45) is 6.56. The zero-order valence-corrected chi connectivity index (χ0v) is 37.1. The minimum Gasteiger partial charge on any atom is -0.508 e. The van der Waals surface area contributed by atoms with E-state index in [4.69, 9.17) is 9.72 Å². The molecular formula is C48H60N8O6. The first-order valence-corrected chi connectivity index (χ1v) is 21.8. The van der Waals surface area contributed by atoms with Crippen LogP contribution in [0.5, 0.6) is 5.75 Å². The number of aromatic nitrogens is 4. The number of benzene rings is 2. The van der Waals surface area contributed by atoms with Gasteiger partial charge in [0.05, 0.1) is 36.4 Å². The first kappa shape index (κ1) is 44.0. The number of aromatic hydroxyl groups is 1. The summed E-state index contributed by atoms with van der Waals surface area (Å²) in [5, 5.41) is 16.7. The van der Waals surface area contributed by atoms with Crippen LogP contribution in [0.15, 0.2) is 67.3 Å². The van der Waals surface area contributed by atoms with Crippen LogP contribution < -0.4 is 10.7 Å². The molecule has 7 rings (SSSR count). The van der Waals surface area contributed by atoms with Crippen molar-refractivity contribution in [3.05, 3.63) is 89.8 Å². The fourth-order valence-corrected chi connectivity index (χ4v) is 9.10. The highest BCUT2D eigenvalue weighted by molar-refractivity contribution is 5.96. The van der Waals surface area contributed by atoms with Gasteiger partial charge in [-0.15, -0.1) is 0 Å². The number of amides is 3. The number of imidazole rings is 1. The predicted octanol–water partition coefficient (Wildman–Crippen LogP) is 6.32. The van der Waals surface area contributed by atoms with E-state index < -0.39 is 41.3 Å². The minimum atomic E-state index is -1.13. The van der Waals surface area contributed by atoms with Crippen molar-refractivity contribution in [1.29, 1.82) is 0 Å². The van der Waals surface area contributed by atoms with Gasteiger partial charge in [-0.3, -0.25) is 29.2 Å². The molecule has 0 aliphatic carbocycles. The number of nitrogens with zero attached hydrogens (tertiary/aromatic N) is 5. The smallest absolute Gasteiger partial charge is 0.324 e. The van der Waals surface area contributed by atoms with Crippen LogP contribution in [0.2, 0.25) is 0 Å². The number of aryl methyl sites for hydroxylation is 1. The largest absolute Gasteiger partial charge is 0.508 e. The van der Waals surface area contributed by atoms with Gasteiger partial charge < -0.3 is 29.6 Å². The molecule has 14 heteroatoms. The molecule has 3 amide bonds. The molecule has 2 aliphatic heterocycles. The Morgan fingerprint density at radius 2 is 1.85 bits per heavy atom. The van der Waals surface area contributed by atoms with E-state index >= 15 is 0 Å². The van der Waals surface area contributed by atoms with E-state index in [1.54, 1.807) is 25.4 Å². The van der Waals surface area contributed by atoms with Gasteiger partial charge in [0.25, 0.3) is 5.91 Å². The first-order chi connectivity index (χ1) is 29.5. The van der Waals surface area contributed by atoms with Crippen molar-refractivity contribution >= 4 is 34.6 Å². The highest BCUT2D eigenvalue weighted by Crippen LogP contribution is 2.42. The number of hydrazine groups is 1. The summed E-state index contributed by atoms with van der Waals surface area (Å²) >= 11 is 0. The third-order valence-electron chi connectivity index (χ3n) is 12.1. The molecule has 328 valence electrons. The van der Waals surface area contributed by atoms with Crippen molar-refractivity contribution in [2.75, 3.05) is 20.2 Å². The van der Waals surface area contributed by atoms with Crippen molar-refractivity contribution in [3.8, 4) is 28.1 Å². The Balaban J connectivity index is 1.33. The summed E-state index contributed by atoms with van der Waals surface area (Å²) in [5.74, 6) is -1.84. The average molecular weight is 845 g/mol. The molecule has 1 saturated heterocycles. The molecule has 5 heterocycles. The number of rotatable bonds is 9. The maximum absolute atomic E-state index is 14.6. The minimum absolute atomic E-state index is 0.00247. The Morgan fingerprint density at radius 3 is 2.56 bits per heavy atom. The molecule has 3 atom stereocenters. The zero-order chi connectivity index (χ0) is 44.5. The number of pyridine rings is 1. The van der Waals surface area contributed by atoms with Gasteiger partial charge in [0, 0.05) is 60.8 Å². The molecule has 2 aromatic carbocycles. The third-order valence-corrected chi connectivity index (χ3v) is 12.1. The van der Waals surface area contributed by atoms with Crippen LogP contribution in [-0.4, -0.2) is 96.6 Å². The second-order valence-electron chi connectivity index (χ2n) is 18.2. The molecule has 0 radical (unpaired) electrons. The highest BCUT2D eigenvalue weighted by atomic mass is 16.5. The number of H-pyrrole nitrogens is 1. The quantitative estimate of drug-likeness (QED) is 0.124. The van der Waals surface area contributed by atoms with Gasteiger partial charge in [-0.1, -0.05) is 53.7 Å². The van der Waals surface area contributed by atoms with Gasteiger partial charge in [0.15, 0.2) is 0 Å². The second kappa shape index (κ2) is 18.1. The van der Waals surface area contributed by atoms with E-state index in [-0.39, 0.29) is 42.9 Å². The standard InChI is InChI=1S/C48H60N8O6/c1-9-55-40-15-14-31-22-36(40)37(44(55)35-12-10-16-50-42(35)28(2)3)24-48(6,7)26-62-47(61)38-13-11-17-56(53-38)46(60)39(20-30-18-32(31)21-34(57)19-30)52-45(59)43(29(4)5)54(8)41(58)23-33-25-49-27-51-33/h10,12,14-16,18-19,21-22,25,27-29,38-39,43,53,57H,9,11,13,17,20,23-24,26H2,1-8H3,(H,49,51)(H,52,59)/t38-,39-,43-/m0/s1. The number of fused-ring (bicyclic) bond motifs is 6. The number of carbonyl (C=O) groups is 4. The Bertz CT molecular complexity index is 2450. The third kappa shape index (κ3) is 9.25. The van der Waals surface area contributed by atoms with Crippen molar-refractivity contribution in [2.24, 2.45) is 11.3 Å². The Morgan fingerprint density at radius 1 is 1.06 bits per heavy atom. The number of phenols is 1. The predicted molar refractivity (Wildman–Crippen MR) is 238 cm³/mol. The lowest BCUT2D eigenvalue weighted by Crippen LogP contribution is -2.62. The van der Waals surface area contributed by atoms with Crippen molar-refractivity contribution < 1.29 is 29.0 Å². The molecule has 0 saturated carbocycles. The number of esters is 1. The molecule has 6 bridgehead atoms. The molecule has 14 nitrogen and oxygen atoms in total. The number of aromatic amines is 1. The van der Waals surface area contributed by atoms with Gasteiger partial charge in [0.2, 0.25) is 11.8 Å². The maximum atomic E-state index is 14.6. The lowest BCUT2D eigenvalue weighted by atomic mass is 9.83. The van der Waals surface area contributed by atoms with Gasteiger partial charge in [-0.2, -0.15) is 0 Å². The van der Waals surface area contributed by atoms with E-state index in [1.807, 2.05) is 38.2 Å². The average Bonchev–Trinajstić information content (AvgIpc) is 3.86. The number of carbonyl (C=O) groups excluding carboxylic acids is 4. The highest BCUT2D eigenvalue weighted by Gasteiger charge is 2.38. The monoisotopic (exact) mass is 844 g/mol. The molecule has 5 aromatic rings. The SMILES string of the molecule is CCn1c(-c2cccnc2C(C)C)c2c3cc(ccc31)-c1cc(O)cc(c1)C[C@H](NC(=O)[C@H](C(C)C)N(C)C(=O)Cc1c[nH]cn1)C(=O)N1CCC[C@H](N1)C(=O)OCC(C)(C)C2. The van der Waals surface area contributed by atoms with E-state index in [0.717, 1.165) is 44.5 Å². The molecule has 3 aromatic heterocycles. The van der Waals surface area contributed by atoms with Crippen LogP contribution in [-0.2, 0) is 49.7 Å². The number of cyclic esters (lactones) is 1. The Kier molecular flexibility index (Phi) is 12.9. The van der Waals surface area contributed by atoms with Crippen LogP contribution in [0.4, 0.5) is 0 Å². The van der Waals surface area contributed by atoms with E-state index in [1.165, 1.54) is 16.2 Å².